The number of nitrogens with one attached hydrogen (secondary N) is 2. The lowest BCUT2D eigenvalue weighted by molar-refractivity contribution is -0.136. The van der Waals surface area contributed by atoms with Gasteiger partial charge >= 0.3 is 0 Å². The van der Waals surface area contributed by atoms with Crippen molar-refractivity contribution in [3.63, 3.8) is 0 Å². The molecule has 25 heavy (non-hydrogen) atoms. The molecule has 0 spiro atoms. The molecule has 2 fully saturated rings. The SMILES string of the molecule is CCC(=O)Nc1cccc(OCC(=O)N2[C@@H]3CC[C@H]2CC(=O)NC3)c1. The smallest absolute Gasteiger partial charge is 0.261 e. The highest BCUT2D eigenvalue weighted by Crippen LogP contribution is 2.28. The van der Waals surface area contributed by atoms with Gasteiger partial charge in [-0.05, 0) is 25.0 Å². The third-order valence-electron chi connectivity index (χ3n) is 4.66. The average molecular weight is 345 g/mol. The summed E-state index contributed by atoms with van der Waals surface area (Å²) in [5.74, 6) is 0.349. The van der Waals surface area contributed by atoms with Gasteiger partial charge in [0.05, 0.1) is 0 Å². The van der Waals surface area contributed by atoms with Crippen molar-refractivity contribution in [3.05, 3.63) is 24.3 Å². The summed E-state index contributed by atoms with van der Waals surface area (Å²) in [7, 11) is 0. The Balaban J connectivity index is 1.60. The minimum Gasteiger partial charge on any atom is -0.484 e. The number of amides is 3. The summed E-state index contributed by atoms with van der Waals surface area (Å²) in [6, 6.07) is 7.01. The predicted molar refractivity (Wildman–Crippen MR) is 92.1 cm³/mol. The molecule has 7 nitrogen and oxygen atoms in total. The molecule has 2 bridgehead atoms. The summed E-state index contributed by atoms with van der Waals surface area (Å²) in [6.07, 6.45) is 2.53. The van der Waals surface area contributed by atoms with Crippen LogP contribution in [0.2, 0.25) is 0 Å². The van der Waals surface area contributed by atoms with Crippen molar-refractivity contribution in [2.45, 2.75) is 44.7 Å². The van der Waals surface area contributed by atoms with E-state index >= 15 is 0 Å². The van der Waals surface area contributed by atoms with E-state index in [9.17, 15) is 14.4 Å². The van der Waals surface area contributed by atoms with Crippen LogP contribution in [0, 0.1) is 0 Å². The summed E-state index contributed by atoms with van der Waals surface area (Å²) in [5, 5.41) is 5.61. The first-order valence-electron chi connectivity index (χ1n) is 8.67. The number of carbonyl (C=O) groups excluding carboxylic acids is 3. The third-order valence-corrected chi connectivity index (χ3v) is 4.66. The Kier molecular flexibility index (Phi) is 5.21. The van der Waals surface area contributed by atoms with Crippen molar-refractivity contribution in [1.29, 1.82) is 0 Å². The zero-order chi connectivity index (χ0) is 17.8. The zero-order valence-corrected chi connectivity index (χ0v) is 14.3. The van der Waals surface area contributed by atoms with Crippen LogP contribution in [0.25, 0.3) is 0 Å². The molecule has 0 radical (unpaired) electrons. The van der Waals surface area contributed by atoms with Gasteiger partial charge in [0, 0.05) is 43.2 Å². The number of anilines is 1. The lowest BCUT2D eigenvalue weighted by Crippen LogP contribution is -2.44. The fourth-order valence-corrected chi connectivity index (χ4v) is 3.42. The molecular formula is C18H23N3O4. The maximum Gasteiger partial charge on any atom is 0.261 e. The van der Waals surface area contributed by atoms with Gasteiger partial charge in [0.25, 0.3) is 5.91 Å². The second-order valence-electron chi connectivity index (χ2n) is 6.41. The van der Waals surface area contributed by atoms with Crippen LogP contribution in [0.4, 0.5) is 5.69 Å². The molecule has 1 aromatic rings. The lowest BCUT2D eigenvalue weighted by atomic mass is 10.1. The number of nitrogens with zero attached hydrogens (tertiary/aromatic N) is 1. The molecule has 3 rings (SSSR count). The largest absolute Gasteiger partial charge is 0.484 e. The predicted octanol–water partition coefficient (Wildman–Crippen LogP) is 1.29. The Labute approximate surface area is 146 Å². The van der Waals surface area contributed by atoms with Gasteiger partial charge in [-0.25, -0.2) is 0 Å². The monoisotopic (exact) mass is 345 g/mol. The summed E-state index contributed by atoms with van der Waals surface area (Å²) in [6.45, 7) is 2.22. The van der Waals surface area contributed by atoms with Gasteiger partial charge in [0.1, 0.15) is 5.75 Å². The average Bonchev–Trinajstić information content (AvgIpc) is 2.91. The van der Waals surface area contributed by atoms with E-state index < -0.39 is 0 Å². The quantitative estimate of drug-likeness (QED) is 0.842. The Hall–Kier alpha value is -2.57. The number of ether oxygens (including phenoxy) is 1. The maximum absolute atomic E-state index is 12.6. The Morgan fingerprint density at radius 3 is 2.92 bits per heavy atom. The Morgan fingerprint density at radius 2 is 2.12 bits per heavy atom. The van der Waals surface area contributed by atoms with Crippen LogP contribution >= 0.6 is 0 Å². The Morgan fingerprint density at radius 1 is 1.32 bits per heavy atom. The first-order valence-corrected chi connectivity index (χ1v) is 8.67. The molecule has 0 saturated carbocycles. The lowest BCUT2D eigenvalue weighted by Gasteiger charge is -2.27. The third kappa shape index (κ3) is 4.10. The molecule has 3 amide bonds. The second kappa shape index (κ2) is 7.55. The van der Waals surface area contributed by atoms with E-state index in [2.05, 4.69) is 10.6 Å². The van der Waals surface area contributed by atoms with Crippen molar-refractivity contribution in [2.75, 3.05) is 18.5 Å². The molecule has 2 N–H and O–H groups in total. The fourth-order valence-electron chi connectivity index (χ4n) is 3.42. The molecule has 2 saturated heterocycles. The summed E-state index contributed by atoms with van der Waals surface area (Å²) >= 11 is 0. The molecular weight excluding hydrogens is 322 g/mol. The van der Waals surface area contributed by atoms with Crippen LogP contribution in [-0.4, -0.2) is 47.9 Å². The number of benzene rings is 1. The van der Waals surface area contributed by atoms with Crippen molar-refractivity contribution >= 4 is 23.4 Å². The van der Waals surface area contributed by atoms with Gasteiger partial charge in [0.15, 0.2) is 6.61 Å². The minimum absolute atomic E-state index is 0.00489. The maximum atomic E-state index is 12.6. The summed E-state index contributed by atoms with van der Waals surface area (Å²) in [5.41, 5.74) is 0.640. The van der Waals surface area contributed by atoms with Gasteiger partial charge < -0.3 is 20.3 Å². The second-order valence-corrected chi connectivity index (χ2v) is 6.41. The first kappa shape index (κ1) is 17.3. The number of hydrogen-bond donors (Lipinski definition) is 2. The van der Waals surface area contributed by atoms with Crippen LogP contribution < -0.4 is 15.4 Å². The van der Waals surface area contributed by atoms with E-state index in [4.69, 9.17) is 4.74 Å². The zero-order valence-electron chi connectivity index (χ0n) is 14.3. The van der Waals surface area contributed by atoms with E-state index in [0.29, 0.717) is 30.8 Å². The van der Waals surface area contributed by atoms with Crippen LogP contribution in [0.1, 0.15) is 32.6 Å². The molecule has 7 heteroatoms. The summed E-state index contributed by atoms with van der Waals surface area (Å²) < 4.78 is 5.62. The topological polar surface area (TPSA) is 87.7 Å². The van der Waals surface area contributed by atoms with Crippen LogP contribution in [0.5, 0.6) is 5.75 Å². The van der Waals surface area contributed by atoms with Crippen molar-refractivity contribution in [3.8, 4) is 5.75 Å². The van der Waals surface area contributed by atoms with Gasteiger partial charge in [-0.15, -0.1) is 0 Å². The molecule has 2 heterocycles. The molecule has 0 unspecified atom stereocenters. The van der Waals surface area contributed by atoms with Crippen LogP contribution in [0.15, 0.2) is 24.3 Å². The molecule has 2 aliphatic rings. The molecule has 0 aromatic heterocycles. The fraction of sp³-hybridized carbons (Fsp3) is 0.500. The van der Waals surface area contributed by atoms with Crippen molar-refractivity contribution in [1.82, 2.24) is 10.2 Å². The van der Waals surface area contributed by atoms with E-state index in [0.717, 1.165) is 12.8 Å². The highest BCUT2D eigenvalue weighted by Gasteiger charge is 2.40. The van der Waals surface area contributed by atoms with Gasteiger partial charge in [-0.3, -0.25) is 14.4 Å². The summed E-state index contributed by atoms with van der Waals surface area (Å²) in [4.78, 5) is 37.5. The number of fused-ring (bicyclic) bond motifs is 2. The van der Waals surface area contributed by atoms with E-state index in [1.54, 1.807) is 36.1 Å². The minimum atomic E-state index is -0.105. The first-order chi connectivity index (χ1) is 12.1. The standard InChI is InChI=1S/C18H23N3O4/c1-2-16(22)20-12-4-3-5-15(8-12)25-11-18(24)21-13-6-7-14(21)10-19-17(23)9-13/h3-5,8,13-14H,2,6-7,9-11H2,1H3,(H,19,23)(H,20,22)/t13-,14+/m0/s1. The van der Waals surface area contributed by atoms with E-state index in [1.807, 2.05) is 0 Å². The number of carbonyl (C=O) groups is 3. The highest BCUT2D eigenvalue weighted by atomic mass is 16.5. The van der Waals surface area contributed by atoms with Crippen LogP contribution in [-0.2, 0) is 14.4 Å². The molecule has 0 aliphatic carbocycles. The highest BCUT2D eigenvalue weighted by molar-refractivity contribution is 5.90. The van der Waals surface area contributed by atoms with Crippen molar-refractivity contribution in [2.24, 2.45) is 0 Å². The normalized spacial score (nSPS) is 22.1. The van der Waals surface area contributed by atoms with Crippen LogP contribution in [0.3, 0.4) is 0 Å². The number of hydrogen-bond acceptors (Lipinski definition) is 4. The molecule has 2 aliphatic heterocycles. The van der Waals surface area contributed by atoms with E-state index in [-0.39, 0.29) is 36.4 Å². The van der Waals surface area contributed by atoms with Gasteiger partial charge in [-0.2, -0.15) is 0 Å². The van der Waals surface area contributed by atoms with E-state index in [1.165, 1.54) is 0 Å². The number of rotatable bonds is 5. The molecule has 134 valence electrons. The van der Waals surface area contributed by atoms with Crippen molar-refractivity contribution < 1.29 is 19.1 Å². The van der Waals surface area contributed by atoms with Gasteiger partial charge in [0.2, 0.25) is 11.8 Å². The van der Waals surface area contributed by atoms with Gasteiger partial charge in [-0.1, -0.05) is 13.0 Å². The Bertz CT molecular complexity index is 676. The molecule has 1 aromatic carbocycles. The molecule has 2 atom stereocenters.